The molecule has 1 saturated carbocycles. The highest BCUT2D eigenvalue weighted by atomic mass is 16.4. The molecule has 64 valence electrons. The van der Waals surface area contributed by atoms with Gasteiger partial charge in [0.05, 0.1) is 6.10 Å². The number of carbonyl (C=O) groups is 1. The van der Waals surface area contributed by atoms with E-state index < -0.39 is 18.1 Å². The predicted molar refractivity (Wildman–Crippen MR) is 39.0 cm³/mol. The predicted octanol–water partition coefficient (Wildman–Crippen LogP) is -0.441. The Labute approximate surface area is 65.0 Å². The van der Waals surface area contributed by atoms with Gasteiger partial charge >= 0.3 is 5.97 Å². The summed E-state index contributed by atoms with van der Waals surface area (Å²) in [7, 11) is 0. The molecule has 4 N–H and O–H groups in total. The van der Waals surface area contributed by atoms with E-state index in [2.05, 4.69) is 0 Å². The minimum atomic E-state index is -1.02. The Hall–Kier alpha value is -0.610. The molecule has 0 aromatic heterocycles. The Morgan fingerprint density at radius 2 is 2.18 bits per heavy atom. The average molecular weight is 159 g/mol. The maximum Gasteiger partial charge on any atom is 0.320 e. The van der Waals surface area contributed by atoms with Crippen molar-refractivity contribution in [1.82, 2.24) is 0 Å². The SMILES string of the molecule is N[C@@H](C(=O)O)[C@@H]1CCC[C@@H]1O. The van der Waals surface area contributed by atoms with Crippen LogP contribution >= 0.6 is 0 Å². The Balaban J connectivity index is 2.52. The summed E-state index contributed by atoms with van der Waals surface area (Å²) in [5, 5.41) is 17.8. The Morgan fingerprint density at radius 1 is 1.55 bits per heavy atom. The minimum Gasteiger partial charge on any atom is -0.480 e. The zero-order valence-corrected chi connectivity index (χ0v) is 6.23. The first-order valence-electron chi connectivity index (χ1n) is 3.79. The van der Waals surface area contributed by atoms with E-state index in [1.165, 1.54) is 0 Å². The smallest absolute Gasteiger partial charge is 0.320 e. The molecule has 1 aliphatic rings. The summed E-state index contributed by atoms with van der Waals surface area (Å²) in [6.07, 6.45) is 1.79. The number of aliphatic hydroxyl groups excluding tert-OH is 1. The quantitative estimate of drug-likeness (QED) is 0.510. The van der Waals surface area contributed by atoms with Crippen LogP contribution in [-0.2, 0) is 4.79 Å². The van der Waals surface area contributed by atoms with Crippen LogP contribution in [0.1, 0.15) is 19.3 Å². The first-order valence-corrected chi connectivity index (χ1v) is 3.79. The number of aliphatic carboxylic acids is 1. The van der Waals surface area contributed by atoms with Crippen molar-refractivity contribution in [3.63, 3.8) is 0 Å². The molecule has 0 aromatic rings. The standard InChI is InChI=1S/C7H13NO3/c8-6(7(10)11)4-2-1-3-5(4)9/h4-6,9H,1-3,8H2,(H,10,11)/t4-,5+,6-/m1/s1. The van der Waals surface area contributed by atoms with Gasteiger partial charge in [0, 0.05) is 5.92 Å². The van der Waals surface area contributed by atoms with Gasteiger partial charge in [-0.3, -0.25) is 4.79 Å². The summed E-state index contributed by atoms with van der Waals surface area (Å²) in [5.41, 5.74) is 5.35. The van der Waals surface area contributed by atoms with Gasteiger partial charge in [-0.1, -0.05) is 6.42 Å². The second-order valence-corrected chi connectivity index (χ2v) is 3.03. The van der Waals surface area contributed by atoms with E-state index in [4.69, 9.17) is 10.8 Å². The third-order valence-electron chi connectivity index (χ3n) is 2.28. The van der Waals surface area contributed by atoms with Crippen molar-refractivity contribution in [3.05, 3.63) is 0 Å². The van der Waals surface area contributed by atoms with Crippen molar-refractivity contribution in [2.24, 2.45) is 11.7 Å². The molecule has 0 spiro atoms. The largest absolute Gasteiger partial charge is 0.480 e. The van der Waals surface area contributed by atoms with Gasteiger partial charge < -0.3 is 15.9 Å². The molecule has 0 radical (unpaired) electrons. The summed E-state index contributed by atoms with van der Waals surface area (Å²) >= 11 is 0. The van der Waals surface area contributed by atoms with Crippen molar-refractivity contribution in [2.75, 3.05) is 0 Å². The molecule has 1 rings (SSSR count). The van der Waals surface area contributed by atoms with Gasteiger partial charge in [0.2, 0.25) is 0 Å². The van der Waals surface area contributed by atoms with Crippen molar-refractivity contribution in [3.8, 4) is 0 Å². The Kier molecular flexibility index (Phi) is 2.46. The fourth-order valence-corrected chi connectivity index (χ4v) is 1.57. The fraction of sp³-hybridized carbons (Fsp3) is 0.857. The topological polar surface area (TPSA) is 83.6 Å². The number of rotatable bonds is 2. The summed E-state index contributed by atoms with van der Waals surface area (Å²) < 4.78 is 0. The highest BCUT2D eigenvalue weighted by Crippen LogP contribution is 2.27. The van der Waals surface area contributed by atoms with Gasteiger partial charge in [0.25, 0.3) is 0 Å². The third kappa shape index (κ3) is 1.70. The summed E-state index contributed by atoms with van der Waals surface area (Å²) in [6, 6.07) is -0.896. The fourth-order valence-electron chi connectivity index (χ4n) is 1.57. The van der Waals surface area contributed by atoms with Crippen LogP contribution in [0.4, 0.5) is 0 Å². The molecular formula is C7H13NO3. The first-order chi connectivity index (χ1) is 5.13. The number of hydrogen-bond acceptors (Lipinski definition) is 3. The van der Waals surface area contributed by atoms with Crippen molar-refractivity contribution >= 4 is 5.97 Å². The molecule has 0 bridgehead atoms. The van der Waals surface area contributed by atoms with Gasteiger partial charge in [-0.25, -0.2) is 0 Å². The first kappa shape index (κ1) is 8.49. The van der Waals surface area contributed by atoms with Crippen LogP contribution in [0.15, 0.2) is 0 Å². The Morgan fingerprint density at radius 3 is 2.55 bits per heavy atom. The maximum absolute atomic E-state index is 10.4. The molecule has 3 atom stereocenters. The van der Waals surface area contributed by atoms with E-state index in [9.17, 15) is 9.90 Å². The van der Waals surface area contributed by atoms with E-state index in [0.717, 1.165) is 12.8 Å². The van der Waals surface area contributed by atoms with E-state index >= 15 is 0 Å². The molecule has 1 fully saturated rings. The highest BCUT2D eigenvalue weighted by molar-refractivity contribution is 5.73. The molecule has 0 amide bonds. The van der Waals surface area contributed by atoms with Crippen LogP contribution in [-0.4, -0.2) is 28.3 Å². The van der Waals surface area contributed by atoms with Gasteiger partial charge in [-0.2, -0.15) is 0 Å². The summed E-state index contributed by atoms with van der Waals surface area (Å²) in [4.78, 5) is 10.4. The molecule has 4 heteroatoms. The lowest BCUT2D eigenvalue weighted by atomic mass is 9.97. The number of hydrogen-bond donors (Lipinski definition) is 3. The normalized spacial score (nSPS) is 33.6. The molecule has 0 saturated heterocycles. The molecule has 1 aliphatic carbocycles. The van der Waals surface area contributed by atoms with Crippen LogP contribution in [0.2, 0.25) is 0 Å². The lowest BCUT2D eigenvalue weighted by molar-refractivity contribution is -0.140. The lowest BCUT2D eigenvalue weighted by Crippen LogP contribution is -2.41. The monoisotopic (exact) mass is 159 g/mol. The second-order valence-electron chi connectivity index (χ2n) is 3.03. The Bertz CT molecular complexity index is 160. The highest BCUT2D eigenvalue weighted by Gasteiger charge is 2.33. The number of nitrogens with two attached hydrogens (primary N) is 1. The minimum absolute atomic E-state index is 0.243. The van der Waals surface area contributed by atoms with Gasteiger partial charge in [0.1, 0.15) is 6.04 Å². The van der Waals surface area contributed by atoms with E-state index in [1.807, 2.05) is 0 Å². The van der Waals surface area contributed by atoms with Crippen molar-refractivity contribution < 1.29 is 15.0 Å². The van der Waals surface area contributed by atoms with Crippen LogP contribution < -0.4 is 5.73 Å². The lowest BCUT2D eigenvalue weighted by Gasteiger charge is -2.17. The van der Waals surface area contributed by atoms with E-state index in [-0.39, 0.29) is 5.92 Å². The number of aliphatic hydroxyl groups is 1. The second kappa shape index (κ2) is 3.19. The summed E-state index contributed by atoms with van der Waals surface area (Å²) in [6.45, 7) is 0. The van der Waals surface area contributed by atoms with Crippen molar-refractivity contribution in [2.45, 2.75) is 31.4 Å². The van der Waals surface area contributed by atoms with Crippen LogP contribution in [0, 0.1) is 5.92 Å². The summed E-state index contributed by atoms with van der Waals surface area (Å²) in [5.74, 6) is -1.26. The van der Waals surface area contributed by atoms with E-state index in [1.54, 1.807) is 0 Å². The van der Waals surface area contributed by atoms with Crippen molar-refractivity contribution in [1.29, 1.82) is 0 Å². The molecule has 0 heterocycles. The van der Waals surface area contributed by atoms with Gasteiger partial charge in [0.15, 0.2) is 0 Å². The van der Waals surface area contributed by atoms with Crippen LogP contribution in [0.25, 0.3) is 0 Å². The molecule has 0 unspecified atom stereocenters. The average Bonchev–Trinajstić information content (AvgIpc) is 2.33. The molecule has 0 aromatic carbocycles. The third-order valence-corrected chi connectivity index (χ3v) is 2.28. The molecule has 4 nitrogen and oxygen atoms in total. The molecular weight excluding hydrogens is 146 g/mol. The molecule has 11 heavy (non-hydrogen) atoms. The van der Waals surface area contributed by atoms with Gasteiger partial charge in [-0.15, -0.1) is 0 Å². The van der Waals surface area contributed by atoms with Crippen LogP contribution in [0.5, 0.6) is 0 Å². The molecule has 0 aliphatic heterocycles. The number of carboxylic acids is 1. The zero-order valence-electron chi connectivity index (χ0n) is 6.23. The van der Waals surface area contributed by atoms with Gasteiger partial charge in [-0.05, 0) is 12.8 Å². The number of carboxylic acid groups (broad SMARTS) is 1. The van der Waals surface area contributed by atoms with Crippen LogP contribution in [0.3, 0.4) is 0 Å². The maximum atomic E-state index is 10.4. The van der Waals surface area contributed by atoms with E-state index in [0.29, 0.717) is 6.42 Å². The zero-order chi connectivity index (χ0) is 8.43.